The van der Waals surface area contributed by atoms with Crippen LogP contribution in [0, 0.1) is 0 Å². The van der Waals surface area contributed by atoms with E-state index >= 15 is 0 Å². The van der Waals surface area contributed by atoms with Crippen LogP contribution in [0.5, 0.6) is 0 Å². The monoisotopic (exact) mass is 468 g/mol. The van der Waals surface area contributed by atoms with Gasteiger partial charge in [0.05, 0.1) is 13.0 Å². The molecule has 8 heteroatoms. The van der Waals surface area contributed by atoms with Crippen molar-refractivity contribution in [2.75, 3.05) is 26.4 Å². The van der Waals surface area contributed by atoms with E-state index in [9.17, 15) is 14.4 Å². The molecule has 0 fully saturated rings. The minimum absolute atomic E-state index is 0.00967. The summed E-state index contributed by atoms with van der Waals surface area (Å²) in [5, 5.41) is 14.3. The van der Waals surface area contributed by atoms with Gasteiger partial charge in [0.25, 0.3) is 0 Å². The van der Waals surface area contributed by atoms with E-state index in [1.165, 1.54) is 11.1 Å². The number of rotatable bonds is 13. The van der Waals surface area contributed by atoms with Crippen molar-refractivity contribution in [3.05, 3.63) is 59.7 Å². The van der Waals surface area contributed by atoms with Crippen molar-refractivity contribution in [1.29, 1.82) is 0 Å². The topological polar surface area (TPSA) is 114 Å². The Morgan fingerprint density at radius 2 is 1.68 bits per heavy atom. The highest BCUT2D eigenvalue weighted by atomic mass is 16.5. The molecule has 2 aromatic carbocycles. The minimum Gasteiger partial charge on any atom is -0.481 e. The zero-order chi connectivity index (χ0) is 24.3. The summed E-state index contributed by atoms with van der Waals surface area (Å²) in [6.07, 6.45) is 1.70. The van der Waals surface area contributed by atoms with Crippen molar-refractivity contribution in [2.45, 2.75) is 44.6 Å². The second-order valence-electron chi connectivity index (χ2n) is 8.31. The van der Waals surface area contributed by atoms with Crippen LogP contribution < -0.4 is 10.6 Å². The van der Waals surface area contributed by atoms with Gasteiger partial charge >= 0.3 is 12.1 Å². The summed E-state index contributed by atoms with van der Waals surface area (Å²) in [5.74, 6) is -1.33. The number of unbranched alkanes of at least 4 members (excludes halogenated alkanes) is 1. The first-order valence-electron chi connectivity index (χ1n) is 11.7. The van der Waals surface area contributed by atoms with Crippen molar-refractivity contribution >= 4 is 18.0 Å². The Morgan fingerprint density at radius 3 is 2.29 bits per heavy atom. The highest BCUT2D eigenvalue weighted by molar-refractivity contribution is 5.79. The number of carbonyl (C=O) groups is 3. The van der Waals surface area contributed by atoms with E-state index in [-0.39, 0.29) is 44.6 Å². The highest BCUT2D eigenvalue weighted by Crippen LogP contribution is 2.44. The number of carboxylic acids is 1. The fraction of sp³-hybridized carbons (Fsp3) is 0.423. The van der Waals surface area contributed by atoms with Crippen LogP contribution in [0.3, 0.4) is 0 Å². The predicted octanol–water partition coefficient (Wildman–Crippen LogP) is 3.69. The number of carbonyl (C=O) groups excluding carboxylic acids is 2. The third kappa shape index (κ3) is 7.05. The number of nitrogens with one attached hydrogen (secondary N) is 2. The summed E-state index contributed by atoms with van der Waals surface area (Å²) in [6, 6.07) is 15.8. The van der Waals surface area contributed by atoms with Gasteiger partial charge in [-0.3, -0.25) is 9.59 Å². The van der Waals surface area contributed by atoms with E-state index < -0.39 is 18.1 Å². The molecule has 3 N–H and O–H groups in total. The Hall–Kier alpha value is -3.39. The van der Waals surface area contributed by atoms with E-state index in [0.29, 0.717) is 6.42 Å². The number of hydrogen-bond donors (Lipinski definition) is 3. The Balaban J connectivity index is 1.35. The van der Waals surface area contributed by atoms with Gasteiger partial charge in [0.1, 0.15) is 13.2 Å². The molecule has 1 unspecified atom stereocenters. The molecule has 2 aromatic rings. The largest absolute Gasteiger partial charge is 0.481 e. The van der Waals surface area contributed by atoms with Crippen LogP contribution in [-0.2, 0) is 19.1 Å². The third-order valence-electron chi connectivity index (χ3n) is 5.78. The lowest BCUT2D eigenvalue weighted by Gasteiger charge is -2.17. The van der Waals surface area contributed by atoms with Gasteiger partial charge in [-0.1, -0.05) is 68.3 Å². The minimum atomic E-state index is -0.949. The molecular weight excluding hydrogens is 436 g/mol. The average molecular weight is 469 g/mol. The maximum Gasteiger partial charge on any atom is 0.407 e. The fourth-order valence-corrected chi connectivity index (χ4v) is 4.20. The molecular formula is C26H32N2O6. The lowest BCUT2D eigenvalue weighted by molar-refractivity contribution is -0.138. The standard InChI is InChI=1S/C26H32N2O6/c1-2-3-8-18(15-25(30)31)28-24(29)17-33-14-13-27-26(32)34-16-23-21-11-6-4-9-19(21)20-10-5-7-12-22(20)23/h4-7,9-12,18,23H,2-3,8,13-17H2,1H3,(H,27,32)(H,28,29)(H,30,31). The van der Waals surface area contributed by atoms with Gasteiger partial charge in [-0.15, -0.1) is 0 Å². The Morgan fingerprint density at radius 1 is 1.03 bits per heavy atom. The molecule has 0 aromatic heterocycles. The van der Waals surface area contributed by atoms with Crippen molar-refractivity contribution in [3.63, 3.8) is 0 Å². The van der Waals surface area contributed by atoms with Crippen molar-refractivity contribution in [1.82, 2.24) is 10.6 Å². The van der Waals surface area contributed by atoms with Crippen LogP contribution in [0.4, 0.5) is 4.79 Å². The second-order valence-corrected chi connectivity index (χ2v) is 8.31. The SMILES string of the molecule is CCCCC(CC(=O)O)NC(=O)COCCNC(=O)OCC1c2ccccc2-c2ccccc21. The molecule has 3 rings (SSSR count). The van der Waals surface area contributed by atoms with Gasteiger partial charge in [-0.05, 0) is 28.7 Å². The number of carboxylic acid groups (broad SMARTS) is 1. The maximum atomic E-state index is 12.1. The van der Waals surface area contributed by atoms with Crippen LogP contribution >= 0.6 is 0 Å². The summed E-state index contributed by atoms with van der Waals surface area (Å²) in [4.78, 5) is 35.1. The van der Waals surface area contributed by atoms with Crippen LogP contribution in [0.25, 0.3) is 11.1 Å². The number of amides is 2. The van der Waals surface area contributed by atoms with E-state index in [4.69, 9.17) is 14.6 Å². The van der Waals surface area contributed by atoms with E-state index in [2.05, 4.69) is 34.9 Å². The molecule has 0 saturated heterocycles. The molecule has 1 atom stereocenters. The number of ether oxygens (including phenoxy) is 2. The van der Waals surface area contributed by atoms with Gasteiger partial charge in [0, 0.05) is 18.5 Å². The number of aliphatic carboxylic acids is 1. The number of hydrogen-bond acceptors (Lipinski definition) is 5. The average Bonchev–Trinajstić information content (AvgIpc) is 3.14. The lowest BCUT2D eigenvalue weighted by atomic mass is 9.98. The van der Waals surface area contributed by atoms with E-state index in [1.54, 1.807) is 0 Å². The summed E-state index contributed by atoms with van der Waals surface area (Å²) >= 11 is 0. The molecule has 1 aliphatic rings. The normalized spacial score (nSPS) is 13.0. The zero-order valence-corrected chi connectivity index (χ0v) is 19.4. The molecule has 0 heterocycles. The summed E-state index contributed by atoms with van der Waals surface area (Å²) < 4.78 is 10.8. The van der Waals surface area contributed by atoms with Gasteiger partial charge in [-0.25, -0.2) is 4.79 Å². The van der Waals surface area contributed by atoms with Crippen LogP contribution in [0.1, 0.15) is 49.7 Å². The Kier molecular flexibility index (Phi) is 9.46. The molecule has 0 spiro atoms. The van der Waals surface area contributed by atoms with Crippen molar-refractivity contribution < 1.29 is 29.0 Å². The smallest absolute Gasteiger partial charge is 0.407 e. The molecule has 182 valence electrons. The number of alkyl carbamates (subject to hydrolysis) is 1. The second kappa shape index (κ2) is 12.7. The molecule has 34 heavy (non-hydrogen) atoms. The van der Waals surface area contributed by atoms with Crippen LogP contribution in [0.2, 0.25) is 0 Å². The van der Waals surface area contributed by atoms with Crippen LogP contribution in [0.15, 0.2) is 48.5 Å². The van der Waals surface area contributed by atoms with Crippen molar-refractivity contribution in [3.8, 4) is 11.1 Å². The first-order chi connectivity index (χ1) is 16.5. The van der Waals surface area contributed by atoms with E-state index in [0.717, 1.165) is 24.0 Å². The molecule has 0 saturated carbocycles. The van der Waals surface area contributed by atoms with Crippen molar-refractivity contribution in [2.24, 2.45) is 0 Å². The molecule has 0 bridgehead atoms. The predicted molar refractivity (Wildman–Crippen MR) is 128 cm³/mol. The van der Waals surface area contributed by atoms with Gasteiger partial charge in [0.2, 0.25) is 5.91 Å². The first kappa shape index (κ1) is 25.2. The summed E-state index contributed by atoms with van der Waals surface area (Å²) in [6.45, 7) is 2.36. The van der Waals surface area contributed by atoms with Gasteiger partial charge < -0.3 is 25.2 Å². The molecule has 0 aliphatic heterocycles. The number of benzene rings is 2. The maximum absolute atomic E-state index is 12.1. The third-order valence-corrected chi connectivity index (χ3v) is 5.78. The number of fused-ring (bicyclic) bond motifs is 3. The van der Waals surface area contributed by atoms with Gasteiger partial charge in [-0.2, -0.15) is 0 Å². The Labute approximate surface area is 199 Å². The molecule has 0 radical (unpaired) electrons. The quantitative estimate of drug-likeness (QED) is 0.386. The summed E-state index contributed by atoms with van der Waals surface area (Å²) in [5.41, 5.74) is 4.62. The molecule has 1 aliphatic carbocycles. The zero-order valence-electron chi connectivity index (χ0n) is 19.4. The first-order valence-corrected chi connectivity index (χ1v) is 11.7. The lowest BCUT2D eigenvalue weighted by Crippen LogP contribution is -2.39. The van der Waals surface area contributed by atoms with E-state index in [1.807, 2.05) is 31.2 Å². The van der Waals surface area contributed by atoms with Crippen LogP contribution in [-0.4, -0.2) is 55.5 Å². The van der Waals surface area contributed by atoms with Gasteiger partial charge in [0.15, 0.2) is 0 Å². The molecule has 8 nitrogen and oxygen atoms in total. The fourth-order valence-electron chi connectivity index (χ4n) is 4.20. The summed E-state index contributed by atoms with van der Waals surface area (Å²) in [7, 11) is 0. The molecule has 2 amide bonds. The highest BCUT2D eigenvalue weighted by Gasteiger charge is 2.28. The Bertz CT molecular complexity index is 947.